The van der Waals surface area contributed by atoms with Gasteiger partial charge in [0, 0.05) is 38.4 Å². The highest BCUT2D eigenvalue weighted by atomic mass is 16.2. The molecule has 1 N–H and O–H groups in total. The summed E-state index contributed by atoms with van der Waals surface area (Å²) >= 11 is 0. The van der Waals surface area contributed by atoms with E-state index in [0.717, 1.165) is 37.4 Å². The molecule has 1 amide bonds. The Bertz CT molecular complexity index is 1030. The molecule has 8 nitrogen and oxygen atoms in total. The lowest BCUT2D eigenvalue weighted by molar-refractivity contribution is 0.0927. The van der Waals surface area contributed by atoms with E-state index in [1.165, 1.54) is 0 Å². The van der Waals surface area contributed by atoms with E-state index in [0.29, 0.717) is 11.3 Å². The second-order valence-corrected chi connectivity index (χ2v) is 6.88. The van der Waals surface area contributed by atoms with Gasteiger partial charge in [-0.2, -0.15) is 15.5 Å². The Hall–Kier alpha value is -3.60. The molecule has 0 saturated carbocycles. The van der Waals surface area contributed by atoms with Crippen molar-refractivity contribution in [3.8, 4) is 11.8 Å². The van der Waals surface area contributed by atoms with E-state index in [-0.39, 0.29) is 11.9 Å². The number of benzene rings is 1. The van der Waals surface area contributed by atoms with E-state index in [9.17, 15) is 4.79 Å². The molecule has 0 spiro atoms. The third kappa shape index (κ3) is 3.60. The predicted octanol–water partition coefficient (Wildman–Crippen LogP) is 1.88. The highest BCUT2D eigenvalue weighted by Gasteiger charge is 2.24. The van der Waals surface area contributed by atoms with Crippen LogP contribution in [0.25, 0.3) is 5.69 Å². The second-order valence-electron chi connectivity index (χ2n) is 6.88. The molecule has 142 valence electrons. The van der Waals surface area contributed by atoms with Crippen LogP contribution in [-0.4, -0.2) is 44.6 Å². The second kappa shape index (κ2) is 7.56. The lowest BCUT2D eigenvalue weighted by Crippen LogP contribution is -2.48. The number of anilines is 1. The summed E-state index contributed by atoms with van der Waals surface area (Å²) < 4.78 is 3.46. The van der Waals surface area contributed by atoms with Gasteiger partial charge in [-0.1, -0.05) is 6.07 Å². The van der Waals surface area contributed by atoms with E-state index in [1.54, 1.807) is 41.3 Å². The molecule has 1 unspecified atom stereocenters. The molecule has 28 heavy (non-hydrogen) atoms. The highest BCUT2D eigenvalue weighted by Crippen LogP contribution is 2.19. The van der Waals surface area contributed by atoms with Gasteiger partial charge in [0.2, 0.25) is 0 Å². The smallest absolute Gasteiger partial charge is 0.272 e. The molecule has 8 heteroatoms. The minimum Gasteiger partial charge on any atom is -0.355 e. The molecule has 1 aromatic carbocycles. The summed E-state index contributed by atoms with van der Waals surface area (Å²) in [6.45, 7) is 1.70. The highest BCUT2D eigenvalue weighted by molar-refractivity contribution is 5.92. The first-order valence-electron chi connectivity index (χ1n) is 9.24. The number of nitriles is 1. The van der Waals surface area contributed by atoms with Gasteiger partial charge in [0.15, 0.2) is 5.69 Å². The number of nitrogens with zero attached hydrogens (tertiary/aromatic N) is 6. The van der Waals surface area contributed by atoms with E-state index in [1.807, 2.05) is 23.9 Å². The predicted molar refractivity (Wildman–Crippen MR) is 104 cm³/mol. The van der Waals surface area contributed by atoms with Crippen LogP contribution in [0.1, 0.15) is 28.9 Å². The standard InChI is InChI=1S/C20H21N7O/c1-25-19(7-9-22-25)26-10-3-5-16(14-26)23-20(28)18-8-11-27(24-18)17-6-2-4-15(12-17)13-21/h2,4,6-9,11-12,16H,3,5,10,14H2,1H3,(H,23,28). The van der Waals surface area contributed by atoms with Gasteiger partial charge < -0.3 is 10.2 Å². The molecule has 0 radical (unpaired) electrons. The molecule has 0 bridgehead atoms. The number of aryl methyl sites for hydroxylation is 1. The third-order valence-electron chi connectivity index (χ3n) is 4.94. The summed E-state index contributed by atoms with van der Waals surface area (Å²) in [5, 5.41) is 20.7. The Labute approximate surface area is 163 Å². The number of amides is 1. The van der Waals surface area contributed by atoms with Crippen molar-refractivity contribution in [2.45, 2.75) is 18.9 Å². The van der Waals surface area contributed by atoms with Crippen LogP contribution in [0.5, 0.6) is 0 Å². The fourth-order valence-corrected chi connectivity index (χ4v) is 3.55. The number of carbonyl (C=O) groups excluding carboxylic acids is 1. The first-order valence-corrected chi connectivity index (χ1v) is 9.24. The molecule has 1 saturated heterocycles. The Kier molecular flexibility index (Phi) is 4.81. The van der Waals surface area contributed by atoms with Crippen molar-refractivity contribution in [1.29, 1.82) is 5.26 Å². The van der Waals surface area contributed by atoms with Crippen molar-refractivity contribution in [2.75, 3.05) is 18.0 Å². The molecule has 3 heterocycles. The van der Waals surface area contributed by atoms with Gasteiger partial charge in [-0.25, -0.2) is 4.68 Å². The van der Waals surface area contributed by atoms with Crippen LogP contribution in [0.4, 0.5) is 5.82 Å². The fourth-order valence-electron chi connectivity index (χ4n) is 3.55. The molecular formula is C20H21N7O. The number of rotatable bonds is 4. The van der Waals surface area contributed by atoms with Gasteiger partial charge in [0.05, 0.1) is 23.5 Å². The quantitative estimate of drug-likeness (QED) is 0.752. The summed E-state index contributed by atoms with van der Waals surface area (Å²) in [5.41, 5.74) is 1.66. The van der Waals surface area contributed by atoms with Crippen LogP contribution in [-0.2, 0) is 7.05 Å². The Morgan fingerprint density at radius 3 is 3.00 bits per heavy atom. The average molecular weight is 375 g/mol. The topological polar surface area (TPSA) is 91.8 Å². The first kappa shape index (κ1) is 17.8. The van der Waals surface area contributed by atoms with Crippen molar-refractivity contribution in [1.82, 2.24) is 24.9 Å². The van der Waals surface area contributed by atoms with E-state index < -0.39 is 0 Å². The van der Waals surface area contributed by atoms with Crippen LogP contribution in [0.3, 0.4) is 0 Å². The van der Waals surface area contributed by atoms with Crippen LogP contribution < -0.4 is 10.2 Å². The first-order chi connectivity index (χ1) is 13.6. The maximum absolute atomic E-state index is 12.7. The van der Waals surface area contributed by atoms with Crippen molar-refractivity contribution >= 4 is 11.7 Å². The van der Waals surface area contributed by atoms with E-state index in [4.69, 9.17) is 5.26 Å². The summed E-state index contributed by atoms with van der Waals surface area (Å²) in [7, 11) is 1.92. The number of hydrogen-bond acceptors (Lipinski definition) is 5. The van der Waals surface area contributed by atoms with E-state index in [2.05, 4.69) is 26.5 Å². The zero-order valence-corrected chi connectivity index (χ0v) is 15.6. The maximum atomic E-state index is 12.7. The van der Waals surface area contributed by atoms with Crippen molar-refractivity contribution in [3.63, 3.8) is 0 Å². The SMILES string of the molecule is Cn1nccc1N1CCCC(NC(=O)c2ccn(-c3cccc(C#N)c3)n2)C1. The Morgan fingerprint density at radius 1 is 1.32 bits per heavy atom. The molecule has 1 atom stereocenters. The number of hydrogen-bond donors (Lipinski definition) is 1. The molecule has 4 rings (SSSR count). The third-order valence-corrected chi connectivity index (χ3v) is 4.94. The molecule has 1 aliphatic heterocycles. The van der Waals surface area contributed by atoms with Gasteiger partial charge in [-0.15, -0.1) is 0 Å². The average Bonchev–Trinajstić information content (AvgIpc) is 3.37. The monoisotopic (exact) mass is 375 g/mol. The molecule has 1 aliphatic rings. The zero-order chi connectivity index (χ0) is 19.5. The Balaban J connectivity index is 1.43. The minimum absolute atomic E-state index is 0.0585. The zero-order valence-electron chi connectivity index (χ0n) is 15.6. The fraction of sp³-hybridized carbons (Fsp3) is 0.300. The molecule has 3 aromatic rings. The van der Waals surface area contributed by atoms with Crippen LogP contribution in [0, 0.1) is 11.3 Å². The largest absolute Gasteiger partial charge is 0.355 e. The van der Waals surface area contributed by atoms with Gasteiger partial charge in [-0.05, 0) is 37.1 Å². The molecule has 0 aliphatic carbocycles. The Morgan fingerprint density at radius 2 is 2.21 bits per heavy atom. The lowest BCUT2D eigenvalue weighted by Gasteiger charge is -2.34. The van der Waals surface area contributed by atoms with Crippen molar-refractivity contribution < 1.29 is 4.79 Å². The summed E-state index contributed by atoms with van der Waals surface area (Å²) in [5.74, 6) is 0.868. The number of piperidine rings is 1. The van der Waals surface area contributed by atoms with Crippen molar-refractivity contribution in [2.24, 2.45) is 7.05 Å². The lowest BCUT2D eigenvalue weighted by atomic mass is 10.1. The van der Waals surface area contributed by atoms with Gasteiger partial charge >= 0.3 is 0 Å². The van der Waals surface area contributed by atoms with Crippen LogP contribution >= 0.6 is 0 Å². The number of nitrogens with one attached hydrogen (secondary N) is 1. The summed E-state index contributed by atoms with van der Waals surface area (Å²) in [4.78, 5) is 14.9. The summed E-state index contributed by atoms with van der Waals surface area (Å²) in [6, 6.07) is 13.0. The van der Waals surface area contributed by atoms with Crippen LogP contribution in [0.2, 0.25) is 0 Å². The number of aromatic nitrogens is 4. The van der Waals surface area contributed by atoms with Crippen molar-refractivity contribution in [3.05, 3.63) is 60.0 Å². The minimum atomic E-state index is -0.188. The summed E-state index contributed by atoms with van der Waals surface area (Å²) in [6.07, 6.45) is 5.45. The molecular weight excluding hydrogens is 354 g/mol. The number of carbonyl (C=O) groups is 1. The van der Waals surface area contributed by atoms with Gasteiger partial charge in [0.25, 0.3) is 5.91 Å². The van der Waals surface area contributed by atoms with E-state index >= 15 is 0 Å². The molecule has 1 fully saturated rings. The molecule has 2 aromatic heterocycles. The normalized spacial score (nSPS) is 16.6. The van der Waals surface area contributed by atoms with Crippen LogP contribution in [0.15, 0.2) is 48.8 Å². The maximum Gasteiger partial charge on any atom is 0.272 e. The van der Waals surface area contributed by atoms with Gasteiger partial charge in [-0.3, -0.25) is 9.48 Å². The van der Waals surface area contributed by atoms with Gasteiger partial charge in [0.1, 0.15) is 5.82 Å².